The van der Waals surface area contributed by atoms with Gasteiger partial charge in [-0.2, -0.15) is 11.8 Å². The number of aromatic nitrogens is 1. The van der Waals surface area contributed by atoms with E-state index in [1.165, 1.54) is 5.56 Å². The molecular weight excluding hydrogens is 334 g/mol. The van der Waals surface area contributed by atoms with Gasteiger partial charge in [-0.15, -0.1) is 0 Å². The first kappa shape index (κ1) is 17.1. The first-order valence-electron chi connectivity index (χ1n) is 7.02. The fourth-order valence-corrected chi connectivity index (χ4v) is 3.25. The van der Waals surface area contributed by atoms with Crippen molar-refractivity contribution in [1.29, 1.82) is 0 Å². The summed E-state index contributed by atoms with van der Waals surface area (Å²) in [6, 6.07) is 11.8. The van der Waals surface area contributed by atoms with E-state index in [2.05, 4.69) is 21.7 Å². The molecule has 1 heterocycles. The topological polar surface area (TPSA) is 37.0 Å². The summed E-state index contributed by atoms with van der Waals surface area (Å²) in [6.07, 6.45) is 4.52. The van der Waals surface area contributed by atoms with Crippen molar-refractivity contribution in [3.63, 3.8) is 0 Å². The van der Waals surface area contributed by atoms with E-state index in [1.54, 1.807) is 12.4 Å². The number of hydrogen-bond donors (Lipinski definition) is 2. The third-order valence-corrected chi connectivity index (χ3v) is 4.59. The summed E-state index contributed by atoms with van der Waals surface area (Å²) in [5, 5.41) is 7.77. The molecule has 22 heavy (non-hydrogen) atoms. The number of nitrogens with zero attached hydrogens (tertiary/aromatic N) is 1. The van der Waals surface area contributed by atoms with Gasteiger partial charge >= 0.3 is 0 Å². The number of thioether (sulfide) groups is 1. The van der Waals surface area contributed by atoms with Crippen LogP contribution in [0.3, 0.4) is 0 Å². The average molecular weight is 352 g/mol. The highest BCUT2D eigenvalue weighted by Gasteiger charge is 2.00. The largest absolute Gasteiger partial charge is 0.362 e. The maximum Gasteiger partial charge on any atom is 0.170 e. The van der Waals surface area contributed by atoms with Gasteiger partial charge in [-0.1, -0.05) is 29.8 Å². The Morgan fingerprint density at radius 3 is 2.86 bits per heavy atom. The van der Waals surface area contributed by atoms with Crippen LogP contribution >= 0.6 is 35.6 Å². The standard InChI is InChI=1S/C16H18ClN3S2/c17-15-7-2-1-5-13(15)12-22-10-4-9-19-16(21)20-14-6-3-8-18-11-14/h1-3,5-8,11H,4,9-10,12H2,(H2,19,20,21). The number of thiocarbonyl (C=S) groups is 1. The maximum atomic E-state index is 6.13. The third kappa shape index (κ3) is 6.22. The van der Waals surface area contributed by atoms with E-state index in [4.69, 9.17) is 23.8 Å². The molecule has 116 valence electrons. The molecule has 0 saturated heterocycles. The van der Waals surface area contributed by atoms with Gasteiger partial charge < -0.3 is 10.6 Å². The third-order valence-electron chi connectivity index (χ3n) is 2.89. The fourth-order valence-electron chi connectivity index (χ4n) is 1.79. The van der Waals surface area contributed by atoms with Crippen molar-refractivity contribution in [3.8, 4) is 0 Å². The van der Waals surface area contributed by atoms with E-state index in [-0.39, 0.29) is 0 Å². The molecule has 1 aromatic heterocycles. The number of anilines is 1. The van der Waals surface area contributed by atoms with Crippen molar-refractivity contribution in [2.24, 2.45) is 0 Å². The second-order valence-electron chi connectivity index (χ2n) is 4.62. The molecule has 0 unspecified atom stereocenters. The number of rotatable bonds is 7. The van der Waals surface area contributed by atoms with Crippen LogP contribution in [0.1, 0.15) is 12.0 Å². The van der Waals surface area contributed by atoms with Crippen molar-refractivity contribution in [1.82, 2.24) is 10.3 Å². The van der Waals surface area contributed by atoms with Gasteiger partial charge in [-0.05, 0) is 48.2 Å². The summed E-state index contributed by atoms with van der Waals surface area (Å²) in [5.41, 5.74) is 2.09. The SMILES string of the molecule is S=C(NCCCSCc1ccccc1Cl)Nc1cccnc1. The number of halogens is 1. The van der Waals surface area contributed by atoms with Gasteiger partial charge in [0.15, 0.2) is 5.11 Å². The predicted molar refractivity (Wildman–Crippen MR) is 101 cm³/mol. The van der Waals surface area contributed by atoms with Crippen LogP contribution in [0.15, 0.2) is 48.8 Å². The molecule has 6 heteroatoms. The number of benzene rings is 1. The van der Waals surface area contributed by atoms with Crippen LogP contribution in [0.25, 0.3) is 0 Å². The van der Waals surface area contributed by atoms with Crippen molar-refractivity contribution < 1.29 is 0 Å². The van der Waals surface area contributed by atoms with Crippen LogP contribution in [-0.2, 0) is 5.75 Å². The lowest BCUT2D eigenvalue weighted by Gasteiger charge is -2.10. The lowest BCUT2D eigenvalue weighted by Crippen LogP contribution is -2.29. The molecule has 2 N–H and O–H groups in total. The molecule has 0 fully saturated rings. The van der Waals surface area contributed by atoms with Gasteiger partial charge in [0, 0.05) is 23.5 Å². The lowest BCUT2D eigenvalue weighted by molar-refractivity contribution is 0.854. The van der Waals surface area contributed by atoms with E-state index < -0.39 is 0 Å². The van der Waals surface area contributed by atoms with Crippen LogP contribution in [0.5, 0.6) is 0 Å². The number of hydrogen-bond acceptors (Lipinski definition) is 3. The summed E-state index contributed by atoms with van der Waals surface area (Å²) in [6.45, 7) is 0.849. The molecule has 0 spiro atoms. The van der Waals surface area contributed by atoms with E-state index in [9.17, 15) is 0 Å². The molecule has 0 amide bonds. The molecule has 0 aliphatic carbocycles. The zero-order chi connectivity index (χ0) is 15.6. The van der Waals surface area contributed by atoms with Gasteiger partial charge in [-0.3, -0.25) is 4.98 Å². The summed E-state index contributed by atoms with van der Waals surface area (Å²) in [4.78, 5) is 4.03. The van der Waals surface area contributed by atoms with Crippen LogP contribution in [0.2, 0.25) is 5.02 Å². The van der Waals surface area contributed by atoms with Crippen molar-refractivity contribution >= 4 is 46.4 Å². The molecule has 0 saturated carbocycles. The number of nitrogens with one attached hydrogen (secondary N) is 2. The van der Waals surface area contributed by atoms with E-state index in [0.29, 0.717) is 5.11 Å². The Balaban J connectivity index is 1.56. The van der Waals surface area contributed by atoms with Gasteiger partial charge in [0.1, 0.15) is 0 Å². The summed E-state index contributed by atoms with van der Waals surface area (Å²) < 4.78 is 0. The molecule has 0 atom stereocenters. The Morgan fingerprint density at radius 2 is 2.09 bits per heavy atom. The molecule has 0 bridgehead atoms. The quantitative estimate of drug-likeness (QED) is 0.573. The van der Waals surface area contributed by atoms with E-state index in [0.717, 1.165) is 35.2 Å². The summed E-state index contributed by atoms with van der Waals surface area (Å²) >= 11 is 13.2. The van der Waals surface area contributed by atoms with Crippen LogP contribution in [0.4, 0.5) is 5.69 Å². The van der Waals surface area contributed by atoms with Gasteiger partial charge in [0.2, 0.25) is 0 Å². The molecule has 0 radical (unpaired) electrons. The number of pyridine rings is 1. The fraction of sp³-hybridized carbons (Fsp3) is 0.250. The second-order valence-corrected chi connectivity index (χ2v) is 6.54. The molecule has 1 aromatic carbocycles. The van der Waals surface area contributed by atoms with Crippen molar-refractivity contribution in [2.75, 3.05) is 17.6 Å². The summed E-state index contributed by atoms with van der Waals surface area (Å²) in [7, 11) is 0. The Hall–Kier alpha value is -1.30. The van der Waals surface area contributed by atoms with Crippen LogP contribution in [0, 0.1) is 0 Å². The minimum Gasteiger partial charge on any atom is -0.362 e. The highest BCUT2D eigenvalue weighted by Crippen LogP contribution is 2.20. The predicted octanol–water partition coefficient (Wildman–Crippen LogP) is 4.34. The minimum absolute atomic E-state index is 0.629. The Kier molecular flexibility index (Phi) is 7.49. The van der Waals surface area contributed by atoms with Crippen molar-refractivity contribution in [2.45, 2.75) is 12.2 Å². The van der Waals surface area contributed by atoms with Gasteiger partial charge in [0.25, 0.3) is 0 Å². The van der Waals surface area contributed by atoms with Crippen LogP contribution < -0.4 is 10.6 Å². The Bertz CT molecular complexity index is 593. The molecule has 0 aliphatic heterocycles. The molecular formula is C16H18ClN3S2. The van der Waals surface area contributed by atoms with Crippen molar-refractivity contribution in [3.05, 3.63) is 59.4 Å². The maximum absolute atomic E-state index is 6.13. The zero-order valence-electron chi connectivity index (χ0n) is 12.1. The average Bonchev–Trinajstić information content (AvgIpc) is 2.53. The van der Waals surface area contributed by atoms with Crippen LogP contribution in [-0.4, -0.2) is 22.4 Å². The monoisotopic (exact) mass is 351 g/mol. The molecule has 2 aromatic rings. The highest BCUT2D eigenvalue weighted by atomic mass is 35.5. The second kappa shape index (κ2) is 9.66. The summed E-state index contributed by atoms with van der Waals surface area (Å²) in [5.74, 6) is 2.01. The lowest BCUT2D eigenvalue weighted by atomic mass is 10.2. The first-order chi connectivity index (χ1) is 10.8. The van der Waals surface area contributed by atoms with E-state index in [1.807, 2.05) is 42.1 Å². The van der Waals surface area contributed by atoms with E-state index >= 15 is 0 Å². The normalized spacial score (nSPS) is 10.2. The van der Waals surface area contributed by atoms with Gasteiger partial charge in [-0.25, -0.2) is 0 Å². The molecule has 2 rings (SSSR count). The van der Waals surface area contributed by atoms with Gasteiger partial charge in [0.05, 0.1) is 11.9 Å². The Morgan fingerprint density at radius 1 is 1.23 bits per heavy atom. The molecule has 3 nitrogen and oxygen atoms in total. The zero-order valence-corrected chi connectivity index (χ0v) is 14.5. The Labute approximate surface area is 145 Å². The minimum atomic E-state index is 0.629. The molecule has 0 aliphatic rings. The first-order valence-corrected chi connectivity index (χ1v) is 8.96. The highest BCUT2D eigenvalue weighted by molar-refractivity contribution is 7.98. The smallest absolute Gasteiger partial charge is 0.170 e.